The molecule has 0 bridgehead atoms. The highest BCUT2D eigenvalue weighted by Gasteiger charge is 2.12. The average Bonchev–Trinajstić information content (AvgIpc) is 2.40. The first kappa shape index (κ1) is 12.2. The summed E-state index contributed by atoms with van der Waals surface area (Å²) in [6.07, 6.45) is 1.69. The number of carbonyl (C=O) groups is 1. The number of halogens is 1. The van der Waals surface area contributed by atoms with Crippen LogP contribution in [0.1, 0.15) is 16.1 Å². The van der Waals surface area contributed by atoms with Crippen LogP contribution in [0.4, 0.5) is 4.39 Å². The molecule has 0 unspecified atom stereocenters. The normalized spacial score (nSPS) is 10.1. The predicted octanol–water partition coefficient (Wildman–Crippen LogP) is 2.49. The van der Waals surface area contributed by atoms with Gasteiger partial charge in [-0.15, -0.1) is 0 Å². The first-order valence-electron chi connectivity index (χ1n) is 5.58. The molecule has 2 aromatic rings. The molecule has 0 saturated heterocycles. The Kier molecular flexibility index (Phi) is 3.67. The lowest BCUT2D eigenvalue weighted by Gasteiger charge is -2.16. The van der Waals surface area contributed by atoms with Gasteiger partial charge in [0.25, 0.3) is 5.91 Å². The lowest BCUT2D eigenvalue weighted by molar-refractivity contribution is 0.0783. The molecule has 0 saturated carbocycles. The van der Waals surface area contributed by atoms with Gasteiger partial charge in [0, 0.05) is 18.8 Å². The van der Waals surface area contributed by atoms with Gasteiger partial charge in [-0.2, -0.15) is 0 Å². The first-order chi connectivity index (χ1) is 8.66. The molecule has 1 heterocycles. The number of carbonyl (C=O) groups excluding carboxylic acids is 1. The van der Waals surface area contributed by atoms with Crippen LogP contribution in [0.3, 0.4) is 0 Å². The molecule has 0 fully saturated rings. The zero-order chi connectivity index (χ0) is 13.0. The van der Waals surface area contributed by atoms with Crippen LogP contribution in [0.15, 0.2) is 48.7 Å². The Morgan fingerprint density at radius 2 is 1.94 bits per heavy atom. The Hall–Kier alpha value is -2.23. The van der Waals surface area contributed by atoms with E-state index in [1.165, 1.54) is 24.3 Å². The Balaban J connectivity index is 2.07. The molecule has 0 N–H and O–H groups in total. The number of hydrogen-bond donors (Lipinski definition) is 0. The highest BCUT2D eigenvalue weighted by Crippen LogP contribution is 2.08. The van der Waals surface area contributed by atoms with Gasteiger partial charge in [-0.05, 0) is 36.4 Å². The molecule has 0 aliphatic heterocycles. The lowest BCUT2D eigenvalue weighted by Crippen LogP contribution is -2.26. The van der Waals surface area contributed by atoms with E-state index in [1.807, 2.05) is 18.2 Å². The van der Waals surface area contributed by atoms with Crippen molar-refractivity contribution in [3.05, 3.63) is 65.7 Å². The summed E-state index contributed by atoms with van der Waals surface area (Å²) in [5.41, 5.74) is 1.28. The van der Waals surface area contributed by atoms with E-state index in [1.54, 1.807) is 18.1 Å². The molecule has 92 valence electrons. The van der Waals surface area contributed by atoms with Crippen LogP contribution in [0.2, 0.25) is 0 Å². The molecule has 4 heteroatoms. The average molecular weight is 244 g/mol. The summed E-state index contributed by atoms with van der Waals surface area (Å²) >= 11 is 0. The fourth-order valence-corrected chi connectivity index (χ4v) is 1.62. The highest BCUT2D eigenvalue weighted by molar-refractivity contribution is 5.93. The van der Waals surface area contributed by atoms with Crippen molar-refractivity contribution in [2.75, 3.05) is 7.05 Å². The van der Waals surface area contributed by atoms with Crippen molar-refractivity contribution in [3.8, 4) is 0 Å². The van der Waals surface area contributed by atoms with Crippen LogP contribution >= 0.6 is 0 Å². The van der Waals surface area contributed by atoms with Crippen LogP contribution in [0, 0.1) is 5.82 Å². The summed E-state index contributed by atoms with van der Waals surface area (Å²) in [4.78, 5) is 17.7. The molecule has 0 atom stereocenters. The van der Waals surface area contributed by atoms with Crippen molar-refractivity contribution < 1.29 is 9.18 Å². The van der Waals surface area contributed by atoms with Gasteiger partial charge in [0.2, 0.25) is 0 Å². The number of aromatic nitrogens is 1. The SMILES string of the molecule is CN(Cc1ccccn1)C(=O)c1ccc(F)cc1. The molecule has 1 aromatic heterocycles. The van der Waals surface area contributed by atoms with E-state index in [0.717, 1.165) is 5.69 Å². The Labute approximate surface area is 105 Å². The fraction of sp³-hybridized carbons (Fsp3) is 0.143. The number of amides is 1. The van der Waals surface area contributed by atoms with Gasteiger partial charge >= 0.3 is 0 Å². The minimum atomic E-state index is -0.348. The van der Waals surface area contributed by atoms with Gasteiger partial charge in [0.15, 0.2) is 0 Å². The fourth-order valence-electron chi connectivity index (χ4n) is 1.62. The van der Waals surface area contributed by atoms with Crippen LogP contribution < -0.4 is 0 Å². The summed E-state index contributed by atoms with van der Waals surface area (Å²) in [5, 5.41) is 0. The summed E-state index contributed by atoms with van der Waals surface area (Å²) in [5.74, 6) is -0.500. The second-order valence-electron chi connectivity index (χ2n) is 3.99. The molecule has 2 rings (SSSR count). The van der Waals surface area contributed by atoms with Crippen molar-refractivity contribution in [1.82, 2.24) is 9.88 Å². The van der Waals surface area contributed by atoms with E-state index in [0.29, 0.717) is 12.1 Å². The number of benzene rings is 1. The maximum absolute atomic E-state index is 12.8. The molecule has 0 radical (unpaired) electrons. The molecular weight excluding hydrogens is 231 g/mol. The van der Waals surface area contributed by atoms with Crippen LogP contribution in [-0.2, 0) is 6.54 Å². The lowest BCUT2D eigenvalue weighted by atomic mass is 10.2. The third kappa shape index (κ3) is 2.91. The molecule has 0 spiro atoms. The summed E-state index contributed by atoms with van der Waals surface area (Å²) in [7, 11) is 1.69. The zero-order valence-corrected chi connectivity index (χ0v) is 10.0. The van der Waals surface area contributed by atoms with E-state index >= 15 is 0 Å². The van der Waals surface area contributed by atoms with Crippen LogP contribution in [0.5, 0.6) is 0 Å². The Morgan fingerprint density at radius 1 is 1.22 bits per heavy atom. The first-order valence-corrected chi connectivity index (χ1v) is 5.58. The van der Waals surface area contributed by atoms with Crippen molar-refractivity contribution in [3.63, 3.8) is 0 Å². The molecule has 18 heavy (non-hydrogen) atoms. The van der Waals surface area contributed by atoms with E-state index in [4.69, 9.17) is 0 Å². The molecule has 1 aromatic carbocycles. The summed E-state index contributed by atoms with van der Waals surface area (Å²) < 4.78 is 12.8. The number of nitrogens with zero attached hydrogens (tertiary/aromatic N) is 2. The van der Waals surface area contributed by atoms with Crippen LogP contribution in [0.25, 0.3) is 0 Å². The predicted molar refractivity (Wildman–Crippen MR) is 66.4 cm³/mol. The molecule has 3 nitrogen and oxygen atoms in total. The number of rotatable bonds is 3. The second-order valence-corrected chi connectivity index (χ2v) is 3.99. The van der Waals surface area contributed by atoms with E-state index in [9.17, 15) is 9.18 Å². The molecule has 0 aliphatic carbocycles. The second kappa shape index (κ2) is 5.40. The number of pyridine rings is 1. The maximum atomic E-state index is 12.8. The third-order valence-electron chi connectivity index (χ3n) is 2.56. The smallest absolute Gasteiger partial charge is 0.253 e. The van der Waals surface area contributed by atoms with Crippen LogP contribution in [-0.4, -0.2) is 22.8 Å². The molecular formula is C14H13FN2O. The van der Waals surface area contributed by atoms with Gasteiger partial charge in [-0.1, -0.05) is 6.07 Å². The Morgan fingerprint density at radius 3 is 2.56 bits per heavy atom. The number of hydrogen-bond acceptors (Lipinski definition) is 2. The summed E-state index contributed by atoms with van der Waals surface area (Å²) in [6.45, 7) is 0.428. The standard InChI is InChI=1S/C14H13FN2O/c1-17(10-13-4-2-3-9-16-13)14(18)11-5-7-12(15)8-6-11/h2-9H,10H2,1H3. The quantitative estimate of drug-likeness (QED) is 0.831. The van der Waals surface area contributed by atoms with Gasteiger partial charge in [0.1, 0.15) is 5.82 Å². The van der Waals surface area contributed by atoms with Gasteiger partial charge < -0.3 is 4.90 Å². The van der Waals surface area contributed by atoms with Crippen molar-refractivity contribution in [1.29, 1.82) is 0 Å². The molecule has 0 aliphatic rings. The largest absolute Gasteiger partial charge is 0.336 e. The van der Waals surface area contributed by atoms with Gasteiger partial charge in [-0.25, -0.2) is 4.39 Å². The minimum absolute atomic E-state index is 0.152. The van der Waals surface area contributed by atoms with Crippen molar-refractivity contribution >= 4 is 5.91 Å². The van der Waals surface area contributed by atoms with Gasteiger partial charge in [0.05, 0.1) is 12.2 Å². The topological polar surface area (TPSA) is 33.2 Å². The minimum Gasteiger partial charge on any atom is -0.336 e. The van der Waals surface area contributed by atoms with Crippen molar-refractivity contribution in [2.24, 2.45) is 0 Å². The van der Waals surface area contributed by atoms with E-state index < -0.39 is 0 Å². The zero-order valence-electron chi connectivity index (χ0n) is 10.0. The van der Waals surface area contributed by atoms with Gasteiger partial charge in [-0.3, -0.25) is 9.78 Å². The highest BCUT2D eigenvalue weighted by atomic mass is 19.1. The van der Waals surface area contributed by atoms with E-state index in [2.05, 4.69) is 4.98 Å². The monoisotopic (exact) mass is 244 g/mol. The summed E-state index contributed by atoms with van der Waals surface area (Å²) in [6, 6.07) is 11.1. The van der Waals surface area contributed by atoms with E-state index in [-0.39, 0.29) is 11.7 Å². The third-order valence-corrected chi connectivity index (χ3v) is 2.56. The Bertz CT molecular complexity index is 525. The maximum Gasteiger partial charge on any atom is 0.253 e. The molecule has 1 amide bonds. The van der Waals surface area contributed by atoms with Crippen molar-refractivity contribution in [2.45, 2.75) is 6.54 Å².